The van der Waals surface area contributed by atoms with Crippen LogP contribution in [0.5, 0.6) is 0 Å². The lowest BCUT2D eigenvalue weighted by Gasteiger charge is -2.07. The summed E-state index contributed by atoms with van der Waals surface area (Å²) in [4.78, 5) is 23.0. The van der Waals surface area contributed by atoms with Crippen molar-refractivity contribution in [2.45, 2.75) is 19.8 Å². The van der Waals surface area contributed by atoms with Crippen molar-refractivity contribution >= 4 is 43.7 Å². The first kappa shape index (κ1) is 16.2. The minimum atomic E-state index is -0.235. The SMILES string of the molecule is CCOC(=O)CCCNC(=O)c1ccc(Br)cc1Br. The number of nitrogens with one attached hydrogen (secondary N) is 1. The molecule has 6 heteroatoms. The summed E-state index contributed by atoms with van der Waals surface area (Å²) in [6.07, 6.45) is 0.883. The van der Waals surface area contributed by atoms with Crippen LogP contribution < -0.4 is 5.32 Å². The molecular weight excluding hydrogens is 378 g/mol. The first-order valence-corrected chi connectivity index (χ1v) is 7.52. The molecule has 0 saturated heterocycles. The van der Waals surface area contributed by atoms with Crippen LogP contribution in [0.2, 0.25) is 0 Å². The summed E-state index contributed by atoms with van der Waals surface area (Å²) >= 11 is 6.66. The summed E-state index contributed by atoms with van der Waals surface area (Å²) in [6, 6.07) is 5.35. The number of ether oxygens (including phenoxy) is 1. The van der Waals surface area contributed by atoms with E-state index in [1.807, 2.05) is 6.07 Å². The highest BCUT2D eigenvalue weighted by Crippen LogP contribution is 2.21. The van der Waals surface area contributed by atoms with Crippen LogP contribution in [0.1, 0.15) is 30.1 Å². The van der Waals surface area contributed by atoms with Gasteiger partial charge in [0.25, 0.3) is 5.91 Å². The summed E-state index contributed by atoms with van der Waals surface area (Å²) < 4.78 is 6.43. The van der Waals surface area contributed by atoms with Gasteiger partial charge in [-0.1, -0.05) is 15.9 Å². The Morgan fingerprint density at radius 1 is 1.32 bits per heavy atom. The Morgan fingerprint density at radius 2 is 2.05 bits per heavy atom. The van der Waals surface area contributed by atoms with Gasteiger partial charge in [0.2, 0.25) is 0 Å². The van der Waals surface area contributed by atoms with E-state index in [1.54, 1.807) is 19.1 Å². The zero-order valence-corrected chi connectivity index (χ0v) is 13.7. The highest BCUT2D eigenvalue weighted by Gasteiger charge is 2.10. The van der Waals surface area contributed by atoms with Crippen LogP contribution >= 0.6 is 31.9 Å². The van der Waals surface area contributed by atoms with Gasteiger partial charge in [-0.2, -0.15) is 0 Å². The highest BCUT2D eigenvalue weighted by atomic mass is 79.9. The fourth-order valence-electron chi connectivity index (χ4n) is 1.44. The number of rotatable bonds is 6. The molecule has 1 N–H and O–H groups in total. The fourth-order valence-corrected chi connectivity index (χ4v) is 2.66. The second kappa shape index (κ2) is 8.32. The quantitative estimate of drug-likeness (QED) is 0.597. The number of hydrogen-bond acceptors (Lipinski definition) is 3. The number of halogens is 2. The molecule has 4 nitrogen and oxygen atoms in total. The molecule has 0 fully saturated rings. The Bertz CT molecular complexity index is 463. The predicted octanol–water partition coefficient (Wildman–Crippen LogP) is 3.28. The Kier molecular flexibility index (Phi) is 7.09. The van der Waals surface area contributed by atoms with Crippen LogP contribution in [0.15, 0.2) is 27.1 Å². The predicted molar refractivity (Wildman–Crippen MR) is 80.0 cm³/mol. The number of hydrogen-bond donors (Lipinski definition) is 1. The third-order valence-electron chi connectivity index (χ3n) is 2.32. The maximum Gasteiger partial charge on any atom is 0.305 e. The third-order valence-corrected chi connectivity index (χ3v) is 3.47. The molecule has 1 aromatic carbocycles. The Hall–Kier alpha value is -0.880. The van der Waals surface area contributed by atoms with Gasteiger partial charge >= 0.3 is 5.97 Å². The van der Waals surface area contributed by atoms with Crippen molar-refractivity contribution in [2.75, 3.05) is 13.2 Å². The van der Waals surface area contributed by atoms with Gasteiger partial charge < -0.3 is 10.1 Å². The number of benzene rings is 1. The molecule has 0 radical (unpaired) electrons. The zero-order valence-electron chi connectivity index (χ0n) is 10.5. The Morgan fingerprint density at radius 3 is 2.68 bits per heavy atom. The molecule has 0 aliphatic rings. The molecule has 0 heterocycles. The van der Waals surface area contributed by atoms with Crippen LogP contribution in [0.25, 0.3) is 0 Å². The van der Waals surface area contributed by atoms with Crippen LogP contribution in [0, 0.1) is 0 Å². The van der Waals surface area contributed by atoms with Gasteiger partial charge in [0.05, 0.1) is 12.2 Å². The molecule has 0 unspecified atom stereocenters. The normalized spacial score (nSPS) is 10.1. The van der Waals surface area contributed by atoms with Crippen molar-refractivity contribution in [3.8, 4) is 0 Å². The molecule has 0 aliphatic heterocycles. The monoisotopic (exact) mass is 391 g/mol. The van der Waals surface area contributed by atoms with Crippen LogP contribution in [-0.2, 0) is 9.53 Å². The van der Waals surface area contributed by atoms with Crippen molar-refractivity contribution < 1.29 is 14.3 Å². The second-order valence-corrected chi connectivity index (χ2v) is 5.56. The largest absolute Gasteiger partial charge is 0.466 e. The third kappa shape index (κ3) is 5.74. The molecule has 0 aromatic heterocycles. The first-order chi connectivity index (χ1) is 9.04. The first-order valence-electron chi connectivity index (χ1n) is 5.93. The standard InChI is InChI=1S/C13H15Br2NO3/c1-2-19-12(17)4-3-7-16-13(18)10-6-5-9(14)8-11(10)15/h5-6,8H,2-4,7H2,1H3,(H,16,18). The molecule has 0 spiro atoms. The Balaban J connectivity index is 2.37. The molecule has 1 rings (SSSR count). The second-order valence-electron chi connectivity index (χ2n) is 3.79. The summed E-state index contributed by atoms with van der Waals surface area (Å²) in [5, 5.41) is 2.76. The molecule has 0 saturated carbocycles. The van der Waals surface area contributed by atoms with E-state index in [0.717, 1.165) is 8.95 Å². The zero-order chi connectivity index (χ0) is 14.3. The maximum absolute atomic E-state index is 11.9. The van der Waals surface area contributed by atoms with E-state index >= 15 is 0 Å². The highest BCUT2D eigenvalue weighted by molar-refractivity contribution is 9.11. The van der Waals surface area contributed by atoms with E-state index in [9.17, 15) is 9.59 Å². The van der Waals surface area contributed by atoms with E-state index in [2.05, 4.69) is 37.2 Å². The van der Waals surface area contributed by atoms with Gasteiger partial charge in [0.1, 0.15) is 0 Å². The number of amides is 1. The summed E-state index contributed by atoms with van der Waals surface area (Å²) in [5.41, 5.74) is 0.569. The molecule has 1 amide bonds. The van der Waals surface area contributed by atoms with E-state index in [1.165, 1.54) is 0 Å². The van der Waals surface area contributed by atoms with Crippen molar-refractivity contribution in [1.82, 2.24) is 5.32 Å². The van der Waals surface area contributed by atoms with E-state index < -0.39 is 0 Å². The maximum atomic E-state index is 11.9. The lowest BCUT2D eigenvalue weighted by molar-refractivity contribution is -0.143. The van der Waals surface area contributed by atoms with Gasteiger partial charge in [-0.25, -0.2) is 0 Å². The minimum Gasteiger partial charge on any atom is -0.466 e. The molecule has 1 aromatic rings. The van der Waals surface area contributed by atoms with Gasteiger partial charge in [0.15, 0.2) is 0 Å². The van der Waals surface area contributed by atoms with Gasteiger partial charge in [-0.3, -0.25) is 9.59 Å². The average molecular weight is 393 g/mol. The molecule has 104 valence electrons. The average Bonchev–Trinajstić information content (AvgIpc) is 2.34. The van der Waals surface area contributed by atoms with Crippen molar-refractivity contribution in [2.24, 2.45) is 0 Å². The van der Waals surface area contributed by atoms with Gasteiger partial charge in [0, 0.05) is 21.9 Å². The lowest BCUT2D eigenvalue weighted by Crippen LogP contribution is -2.25. The smallest absolute Gasteiger partial charge is 0.305 e. The molecular formula is C13H15Br2NO3. The van der Waals surface area contributed by atoms with E-state index in [0.29, 0.717) is 31.6 Å². The lowest BCUT2D eigenvalue weighted by atomic mass is 10.2. The van der Waals surface area contributed by atoms with Crippen LogP contribution in [0.3, 0.4) is 0 Å². The number of esters is 1. The van der Waals surface area contributed by atoms with Gasteiger partial charge in [-0.05, 0) is 47.5 Å². The van der Waals surface area contributed by atoms with Crippen molar-refractivity contribution in [1.29, 1.82) is 0 Å². The topological polar surface area (TPSA) is 55.4 Å². The molecule has 0 aliphatic carbocycles. The number of carbonyl (C=O) groups is 2. The molecule has 19 heavy (non-hydrogen) atoms. The van der Waals surface area contributed by atoms with Gasteiger partial charge in [-0.15, -0.1) is 0 Å². The van der Waals surface area contributed by atoms with Crippen molar-refractivity contribution in [3.05, 3.63) is 32.7 Å². The van der Waals surface area contributed by atoms with E-state index in [4.69, 9.17) is 4.74 Å². The summed E-state index contributed by atoms with van der Waals surface area (Å²) in [6.45, 7) is 2.60. The summed E-state index contributed by atoms with van der Waals surface area (Å²) in [7, 11) is 0. The fraction of sp³-hybridized carbons (Fsp3) is 0.385. The van der Waals surface area contributed by atoms with Crippen LogP contribution in [0.4, 0.5) is 0 Å². The van der Waals surface area contributed by atoms with Crippen LogP contribution in [-0.4, -0.2) is 25.0 Å². The van der Waals surface area contributed by atoms with Crippen molar-refractivity contribution in [3.63, 3.8) is 0 Å². The summed E-state index contributed by atoms with van der Waals surface area (Å²) in [5.74, 6) is -0.398. The minimum absolute atomic E-state index is 0.164. The molecule has 0 atom stereocenters. The number of carbonyl (C=O) groups excluding carboxylic acids is 2. The molecule has 0 bridgehead atoms. The van der Waals surface area contributed by atoms with E-state index in [-0.39, 0.29) is 11.9 Å². The Labute approximate surface area is 129 Å².